The fourth-order valence-corrected chi connectivity index (χ4v) is 2.22. The van der Waals surface area contributed by atoms with Gasteiger partial charge in [-0.1, -0.05) is 51.3 Å². The van der Waals surface area contributed by atoms with Crippen LogP contribution in [0, 0.1) is 5.82 Å². The van der Waals surface area contributed by atoms with Gasteiger partial charge in [-0.2, -0.15) is 0 Å². The van der Waals surface area contributed by atoms with Gasteiger partial charge < -0.3 is 5.32 Å². The van der Waals surface area contributed by atoms with Crippen LogP contribution in [0.5, 0.6) is 0 Å². The molecule has 0 heterocycles. The Balaban J connectivity index is 2.08. The van der Waals surface area contributed by atoms with Crippen LogP contribution in [0.2, 0.25) is 10.0 Å². The van der Waals surface area contributed by atoms with Crippen molar-refractivity contribution >= 4 is 44.8 Å². The van der Waals surface area contributed by atoms with E-state index in [4.69, 9.17) is 23.2 Å². The van der Waals surface area contributed by atoms with E-state index in [1.54, 1.807) is 0 Å². The van der Waals surface area contributed by atoms with E-state index in [1.807, 2.05) is 24.3 Å². The minimum Gasteiger partial charge on any atom is -0.381 e. The van der Waals surface area contributed by atoms with E-state index in [1.165, 1.54) is 12.1 Å². The van der Waals surface area contributed by atoms with Crippen molar-refractivity contribution in [2.24, 2.45) is 0 Å². The SMILES string of the molecule is Fc1c(Cl)cc(NCc2ccc(Br)cc2)cc1Cl. The Morgan fingerprint density at radius 2 is 1.61 bits per heavy atom. The second-order valence-electron chi connectivity index (χ2n) is 3.73. The molecule has 0 aliphatic rings. The number of halogens is 4. The van der Waals surface area contributed by atoms with Gasteiger partial charge in [0.15, 0.2) is 5.82 Å². The van der Waals surface area contributed by atoms with E-state index in [0.29, 0.717) is 12.2 Å². The molecule has 94 valence electrons. The van der Waals surface area contributed by atoms with Gasteiger partial charge in [0.2, 0.25) is 0 Å². The maximum atomic E-state index is 13.2. The lowest BCUT2D eigenvalue weighted by Gasteiger charge is -2.08. The molecule has 0 amide bonds. The normalized spacial score (nSPS) is 10.4. The molecule has 0 aliphatic carbocycles. The molecule has 0 bridgehead atoms. The first-order valence-corrected chi connectivity index (χ1v) is 6.74. The quantitative estimate of drug-likeness (QED) is 0.721. The van der Waals surface area contributed by atoms with Crippen LogP contribution in [-0.4, -0.2) is 0 Å². The average molecular weight is 349 g/mol. The van der Waals surface area contributed by atoms with E-state index < -0.39 is 5.82 Å². The van der Waals surface area contributed by atoms with Crippen molar-refractivity contribution in [1.82, 2.24) is 0 Å². The minimum atomic E-state index is -0.590. The number of rotatable bonds is 3. The largest absolute Gasteiger partial charge is 0.381 e. The van der Waals surface area contributed by atoms with Gasteiger partial charge >= 0.3 is 0 Å². The van der Waals surface area contributed by atoms with E-state index in [0.717, 1.165) is 10.0 Å². The van der Waals surface area contributed by atoms with E-state index >= 15 is 0 Å². The first-order valence-electron chi connectivity index (χ1n) is 5.19. The molecule has 2 aromatic rings. The predicted molar refractivity (Wildman–Crippen MR) is 77.9 cm³/mol. The molecular weight excluding hydrogens is 340 g/mol. The lowest BCUT2D eigenvalue weighted by atomic mass is 10.2. The van der Waals surface area contributed by atoms with Crippen molar-refractivity contribution in [2.75, 3.05) is 5.32 Å². The number of anilines is 1. The molecule has 2 aromatic carbocycles. The monoisotopic (exact) mass is 347 g/mol. The van der Waals surface area contributed by atoms with Gasteiger partial charge in [0, 0.05) is 16.7 Å². The Labute approximate surface area is 123 Å². The summed E-state index contributed by atoms with van der Waals surface area (Å²) in [7, 11) is 0. The highest BCUT2D eigenvalue weighted by atomic mass is 79.9. The molecule has 5 heteroatoms. The number of hydrogen-bond donors (Lipinski definition) is 1. The number of benzene rings is 2. The Hall–Kier alpha value is -0.770. The summed E-state index contributed by atoms with van der Waals surface area (Å²) in [4.78, 5) is 0. The van der Waals surface area contributed by atoms with Crippen LogP contribution in [0.1, 0.15) is 5.56 Å². The zero-order valence-corrected chi connectivity index (χ0v) is 12.3. The van der Waals surface area contributed by atoms with Crippen molar-refractivity contribution in [3.8, 4) is 0 Å². The molecule has 0 fully saturated rings. The molecule has 0 radical (unpaired) electrons. The van der Waals surface area contributed by atoms with Crippen LogP contribution in [0.3, 0.4) is 0 Å². The molecular formula is C13H9BrCl2FN. The molecule has 0 saturated carbocycles. The molecule has 0 unspecified atom stereocenters. The van der Waals surface area contributed by atoms with Gasteiger partial charge in [-0.3, -0.25) is 0 Å². The minimum absolute atomic E-state index is 0.0146. The maximum absolute atomic E-state index is 13.2. The number of nitrogens with one attached hydrogen (secondary N) is 1. The summed E-state index contributed by atoms with van der Waals surface area (Å²) in [6.07, 6.45) is 0. The smallest absolute Gasteiger partial charge is 0.160 e. The van der Waals surface area contributed by atoms with Gasteiger partial charge in [0.1, 0.15) is 0 Å². The van der Waals surface area contributed by atoms with E-state index in [2.05, 4.69) is 21.2 Å². The second-order valence-corrected chi connectivity index (χ2v) is 5.46. The predicted octanol–water partition coefficient (Wildman–Crippen LogP) is 5.51. The zero-order valence-electron chi connectivity index (χ0n) is 9.18. The highest BCUT2D eigenvalue weighted by Gasteiger charge is 2.07. The molecule has 18 heavy (non-hydrogen) atoms. The summed E-state index contributed by atoms with van der Waals surface area (Å²) in [5, 5.41) is 3.17. The third-order valence-electron chi connectivity index (χ3n) is 2.39. The molecule has 0 atom stereocenters. The Kier molecular flexibility index (Phi) is 4.49. The van der Waals surface area contributed by atoms with Crippen molar-refractivity contribution < 1.29 is 4.39 Å². The van der Waals surface area contributed by atoms with Gasteiger partial charge in [0.05, 0.1) is 10.0 Å². The van der Waals surface area contributed by atoms with Gasteiger partial charge in [-0.15, -0.1) is 0 Å². The van der Waals surface area contributed by atoms with Crippen molar-refractivity contribution in [1.29, 1.82) is 0 Å². The van der Waals surface area contributed by atoms with Gasteiger partial charge in [-0.05, 0) is 29.8 Å². The number of hydrogen-bond acceptors (Lipinski definition) is 1. The molecule has 1 nitrogen and oxygen atoms in total. The summed E-state index contributed by atoms with van der Waals surface area (Å²) in [5.74, 6) is -0.590. The topological polar surface area (TPSA) is 12.0 Å². The van der Waals surface area contributed by atoms with Gasteiger partial charge in [0.25, 0.3) is 0 Å². The molecule has 1 N–H and O–H groups in total. The van der Waals surface area contributed by atoms with Crippen molar-refractivity contribution in [3.05, 3.63) is 62.3 Å². The summed E-state index contributed by atoms with van der Waals surface area (Å²) in [5.41, 5.74) is 1.80. The maximum Gasteiger partial charge on any atom is 0.160 e. The third-order valence-corrected chi connectivity index (χ3v) is 3.47. The molecule has 0 aromatic heterocycles. The fourth-order valence-electron chi connectivity index (χ4n) is 1.46. The standard InChI is InChI=1S/C13H9BrCl2FN/c14-9-3-1-8(2-4-9)7-18-10-5-11(15)13(17)12(16)6-10/h1-6,18H,7H2. The van der Waals surface area contributed by atoms with Gasteiger partial charge in [-0.25, -0.2) is 4.39 Å². The van der Waals surface area contributed by atoms with Crippen molar-refractivity contribution in [2.45, 2.75) is 6.54 Å². The van der Waals surface area contributed by atoms with Crippen LogP contribution < -0.4 is 5.32 Å². The highest BCUT2D eigenvalue weighted by Crippen LogP contribution is 2.27. The molecule has 0 saturated heterocycles. The third kappa shape index (κ3) is 3.37. The second kappa shape index (κ2) is 5.91. The first kappa shape index (κ1) is 13.7. The van der Waals surface area contributed by atoms with Crippen LogP contribution in [0.25, 0.3) is 0 Å². The van der Waals surface area contributed by atoms with Crippen LogP contribution >= 0.6 is 39.1 Å². The van der Waals surface area contributed by atoms with E-state index in [9.17, 15) is 4.39 Å². The molecule has 2 rings (SSSR count). The highest BCUT2D eigenvalue weighted by molar-refractivity contribution is 9.10. The summed E-state index contributed by atoms with van der Waals surface area (Å²) < 4.78 is 14.2. The molecule has 0 aliphatic heterocycles. The Morgan fingerprint density at radius 3 is 2.17 bits per heavy atom. The van der Waals surface area contributed by atoms with Crippen LogP contribution in [0.15, 0.2) is 40.9 Å². The Morgan fingerprint density at radius 1 is 1.06 bits per heavy atom. The van der Waals surface area contributed by atoms with Crippen molar-refractivity contribution in [3.63, 3.8) is 0 Å². The lowest BCUT2D eigenvalue weighted by Crippen LogP contribution is -1.99. The van der Waals surface area contributed by atoms with Crippen LogP contribution in [0.4, 0.5) is 10.1 Å². The zero-order chi connectivity index (χ0) is 13.1. The Bertz CT molecular complexity index is 534. The lowest BCUT2D eigenvalue weighted by molar-refractivity contribution is 0.629. The summed E-state index contributed by atoms with van der Waals surface area (Å²) in [6.45, 7) is 0.617. The average Bonchev–Trinajstić information content (AvgIpc) is 2.35. The fraction of sp³-hybridized carbons (Fsp3) is 0.0769. The first-order chi connectivity index (χ1) is 8.56. The van der Waals surface area contributed by atoms with Crippen LogP contribution in [-0.2, 0) is 6.54 Å². The summed E-state index contributed by atoms with van der Waals surface area (Å²) >= 11 is 14.8. The van der Waals surface area contributed by atoms with E-state index in [-0.39, 0.29) is 10.0 Å². The summed E-state index contributed by atoms with van der Waals surface area (Å²) in [6, 6.07) is 10.9. The molecule has 0 spiro atoms.